The molecule has 1 atom stereocenters. The lowest BCUT2D eigenvalue weighted by molar-refractivity contribution is -0.189. The maximum absolute atomic E-state index is 13.5. The highest BCUT2D eigenvalue weighted by Gasteiger charge is 2.42. The molecule has 43 heavy (non-hydrogen) atoms. The molecule has 0 radical (unpaired) electrons. The van der Waals surface area contributed by atoms with Crippen LogP contribution in [0.25, 0.3) is 0 Å². The molecule has 14 heteroatoms. The standard InChI is InChI=1S/C29H29F3N6O5/c1-4-41-24-13-17(9-12-22(24)42-16(2)3)25(27(39)38-37-21-8-6-5-7-18(21)15-33)36-19-10-11-20(26(34)35)23(14-19)43-28(40)29(30,31)32/h5-14,16,25,36-37H,4H2,1-3H3,(H3,34,35)(H,38,39). The average Bonchev–Trinajstić information content (AvgIpc) is 2.95. The number of esters is 1. The zero-order chi connectivity index (χ0) is 31.7. The molecule has 1 unspecified atom stereocenters. The molecule has 11 nitrogen and oxygen atoms in total. The molecule has 3 rings (SSSR count). The van der Waals surface area contributed by atoms with E-state index in [0.29, 0.717) is 22.7 Å². The molecule has 0 aliphatic heterocycles. The Morgan fingerprint density at radius 2 is 1.77 bits per heavy atom. The second kappa shape index (κ2) is 13.9. The van der Waals surface area contributed by atoms with E-state index in [2.05, 4.69) is 20.9 Å². The molecule has 0 spiro atoms. The molecule has 0 saturated heterocycles. The number of nitrogens with zero attached hydrogens (tertiary/aromatic N) is 1. The third-order valence-corrected chi connectivity index (χ3v) is 5.61. The highest BCUT2D eigenvalue weighted by Crippen LogP contribution is 2.34. The third-order valence-electron chi connectivity index (χ3n) is 5.61. The van der Waals surface area contributed by atoms with Crippen molar-refractivity contribution in [3.8, 4) is 23.3 Å². The lowest BCUT2D eigenvalue weighted by Gasteiger charge is -2.23. The number of nitrogen functional groups attached to an aromatic ring is 1. The van der Waals surface area contributed by atoms with E-state index in [1.807, 2.05) is 19.9 Å². The quantitative estimate of drug-likeness (QED) is 0.0646. The number of hydrogen-bond donors (Lipinski definition) is 5. The van der Waals surface area contributed by atoms with Gasteiger partial charge in [0.05, 0.1) is 29.5 Å². The molecular formula is C29H29F3N6O5. The second-order valence-corrected chi connectivity index (χ2v) is 9.17. The van der Waals surface area contributed by atoms with Gasteiger partial charge in [0.2, 0.25) is 0 Å². The van der Waals surface area contributed by atoms with Gasteiger partial charge in [-0.3, -0.25) is 21.1 Å². The van der Waals surface area contributed by atoms with Crippen LogP contribution < -0.4 is 36.1 Å². The smallest absolute Gasteiger partial charge is 0.490 e. The minimum atomic E-state index is -5.30. The molecule has 0 aliphatic carbocycles. The third kappa shape index (κ3) is 8.52. The van der Waals surface area contributed by atoms with Gasteiger partial charge in [-0.2, -0.15) is 18.4 Å². The molecule has 1 amide bonds. The van der Waals surface area contributed by atoms with Crippen LogP contribution in [0.5, 0.6) is 17.2 Å². The molecule has 6 N–H and O–H groups in total. The summed E-state index contributed by atoms with van der Waals surface area (Å²) in [6.07, 6.45) is -5.48. The zero-order valence-electron chi connectivity index (χ0n) is 23.3. The van der Waals surface area contributed by atoms with Gasteiger partial charge in [-0.1, -0.05) is 18.2 Å². The van der Waals surface area contributed by atoms with Crippen molar-refractivity contribution in [3.05, 3.63) is 77.4 Å². The predicted molar refractivity (Wildman–Crippen MR) is 152 cm³/mol. The second-order valence-electron chi connectivity index (χ2n) is 9.17. The molecule has 0 aliphatic rings. The van der Waals surface area contributed by atoms with Crippen LogP contribution in [0.2, 0.25) is 0 Å². The molecular weight excluding hydrogens is 569 g/mol. The van der Waals surface area contributed by atoms with Crippen molar-refractivity contribution in [1.82, 2.24) is 5.43 Å². The van der Waals surface area contributed by atoms with Crippen LogP contribution in [0, 0.1) is 16.7 Å². The lowest BCUT2D eigenvalue weighted by atomic mass is 10.0. The Morgan fingerprint density at radius 1 is 1.05 bits per heavy atom. The lowest BCUT2D eigenvalue weighted by Crippen LogP contribution is -2.37. The van der Waals surface area contributed by atoms with E-state index in [1.54, 1.807) is 49.4 Å². The number of ether oxygens (including phenoxy) is 3. The normalized spacial score (nSPS) is 11.6. The Morgan fingerprint density at radius 3 is 2.40 bits per heavy atom. The number of hydrogen-bond acceptors (Lipinski definition) is 9. The number of rotatable bonds is 12. The highest BCUT2D eigenvalue weighted by molar-refractivity contribution is 5.99. The zero-order valence-corrected chi connectivity index (χ0v) is 23.3. The van der Waals surface area contributed by atoms with Crippen LogP contribution in [-0.2, 0) is 9.59 Å². The topological polar surface area (TPSA) is 172 Å². The first-order valence-electron chi connectivity index (χ1n) is 12.9. The summed E-state index contributed by atoms with van der Waals surface area (Å²) >= 11 is 0. The number of amides is 1. The van der Waals surface area contributed by atoms with Gasteiger partial charge in [0, 0.05) is 11.8 Å². The predicted octanol–water partition coefficient (Wildman–Crippen LogP) is 4.79. The van der Waals surface area contributed by atoms with E-state index in [9.17, 15) is 28.0 Å². The number of nitriles is 1. The van der Waals surface area contributed by atoms with E-state index in [-0.39, 0.29) is 29.5 Å². The van der Waals surface area contributed by atoms with Crippen molar-refractivity contribution < 1.29 is 37.0 Å². The first-order valence-corrected chi connectivity index (χ1v) is 12.9. The number of halogens is 3. The van der Waals surface area contributed by atoms with E-state index >= 15 is 0 Å². The number of nitrogens with two attached hydrogens (primary N) is 1. The number of hydrazine groups is 1. The maximum Gasteiger partial charge on any atom is 0.491 e. The number of alkyl halides is 3. The van der Waals surface area contributed by atoms with Crippen molar-refractivity contribution in [3.63, 3.8) is 0 Å². The fourth-order valence-electron chi connectivity index (χ4n) is 3.76. The number of para-hydroxylation sites is 1. The van der Waals surface area contributed by atoms with E-state index in [1.165, 1.54) is 12.1 Å². The highest BCUT2D eigenvalue weighted by atomic mass is 19.4. The molecule has 0 saturated carbocycles. The number of anilines is 2. The van der Waals surface area contributed by atoms with E-state index in [0.717, 1.165) is 6.07 Å². The minimum Gasteiger partial charge on any atom is -0.490 e. The molecule has 0 fully saturated rings. The molecule has 3 aromatic carbocycles. The van der Waals surface area contributed by atoms with Gasteiger partial charge in [0.1, 0.15) is 23.7 Å². The van der Waals surface area contributed by atoms with Crippen molar-refractivity contribution >= 4 is 29.1 Å². The van der Waals surface area contributed by atoms with Gasteiger partial charge >= 0.3 is 12.1 Å². The van der Waals surface area contributed by atoms with Gasteiger partial charge in [-0.05, 0) is 62.7 Å². The van der Waals surface area contributed by atoms with Crippen LogP contribution in [0.4, 0.5) is 24.5 Å². The largest absolute Gasteiger partial charge is 0.491 e. The number of benzene rings is 3. The summed E-state index contributed by atoms with van der Waals surface area (Å²) in [5, 5.41) is 19.9. The Balaban J connectivity index is 2.03. The minimum absolute atomic E-state index is 0.0491. The summed E-state index contributed by atoms with van der Waals surface area (Å²) in [7, 11) is 0. The summed E-state index contributed by atoms with van der Waals surface area (Å²) < 4.78 is 54.8. The number of nitrogens with one attached hydrogen (secondary N) is 4. The van der Waals surface area contributed by atoms with Crippen LogP contribution in [0.3, 0.4) is 0 Å². The maximum atomic E-state index is 13.5. The molecule has 226 valence electrons. The van der Waals surface area contributed by atoms with Crippen molar-refractivity contribution in [2.45, 2.75) is 39.1 Å². The number of amidine groups is 1. The molecule has 0 bridgehead atoms. The fourth-order valence-corrected chi connectivity index (χ4v) is 3.76. The fraction of sp³-hybridized carbons (Fsp3) is 0.241. The SMILES string of the molecule is CCOc1cc(C(Nc2ccc(C(=N)N)c(OC(=O)C(F)(F)F)c2)C(=O)NNc2ccccc2C#N)ccc1OC(C)C. The van der Waals surface area contributed by atoms with Crippen LogP contribution in [0.1, 0.15) is 43.5 Å². The van der Waals surface area contributed by atoms with Crippen molar-refractivity contribution in [2.75, 3.05) is 17.3 Å². The van der Waals surface area contributed by atoms with Gasteiger partial charge in [-0.15, -0.1) is 0 Å². The summed E-state index contributed by atoms with van der Waals surface area (Å²) in [6.45, 7) is 5.72. The van der Waals surface area contributed by atoms with E-state index in [4.69, 9.17) is 20.6 Å². The summed E-state index contributed by atoms with van der Waals surface area (Å²) in [5.41, 5.74) is 11.4. The molecule has 0 heterocycles. The van der Waals surface area contributed by atoms with E-state index < -0.39 is 35.7 Å². The molecule has 0 aromatic heterocycles. The van der Waals surface area contributed by atoms with Crippen molar-refractivity contribution in [1.29, 1.82) is 10.7 Å². The van der Waals surface area contributed by atoms with Crippen LogP contribution in [0.15, 0.2) is 60.7 Å². The Labute approximate surface area is 245 Å². The Bertz CT molecular complexity index is 1540. The van der Waals surface area contributed by atoms with Gasteiger partial charge in [0.15, 0.2) is 11.5 Å². The first-order chi connectivity index (χ1) is 20.3. The average molecular weight is 599 g/mol. The van der Waals surface area contributed by atoms with Crippen LogP contribution >= 0.6 is 0 Å². The first kappa shape index (κ1) is 32.1. The summed E-state index contributed by atoms with van der Waals surface area (Å²) in [6, 6.07) is 15.5. The van der Waals surface area contributed by atoms with Crippen LogP contribution in [-0.4, -0.2) is 36.6 Å². The van der Waals surface area contributed by atoms with Gasteiger partial charge < -0.3 is 25.3 Å². The number of carbonyl (C=O) groups is 2. The Hall–Kier alpha value is -5.45. The number of carbonyl (C=O) groups excluding carboxylic acids is 2. The van der Waals surface area contributed by atoms with Gasteiger partial charge in [-0.25, -0.2) is 4.79 Å². The van der Waals surface area contributed by atoms with Gasteiger partial charge in [0.25, 0.3) is 5.91 Å². The Kier molecular flexibility index (Phi) is 10.4. The molecule has 3 aromatic rings. The monoisotopic (exact) mass is 598 g/mol. The van der Waals surface area contributed by atoms with Crippen molar-refractivity contribution in [2.24, 2.45) is 5.73 Å². The summed E-state index contributed by atoms with van der Waals surface area (Å²) in [4.78, 5) is 25.1. The summed E-state index contributed by atoms with van der Waals surface area (Å²) in [5.74, 6) is -3.71.